The number of rotatable bonds is 13. The molecule has 2 aromatic rings. The predicted molar refractivity (Wildman–Crippen MR) is 138 cm³/mol. The number of hydrogen-bond acceptors (Lipinski definition) is 0. The summed E-state index contributed by atoms with van der Waals surface area (Å²) in [4.78, 5) is 0. The van der Waals surface area contributed by atoms with E-state index in [2.05, 4.69) is 102 Å². The molecule has 0 aliphatic carbocycles. The van der Waals surface area contributed by atoms with Gasteiger partial charge >= 0.3 is 0 Å². The molecule has 2 aromatic carbocycles. The minimum absolute atomic E-state index is 1.17. The molecule has 0 heterocycles. The first-order valence-corrected chi connectivity index (χ1v) is 12.8. The molecule has 0 bridgehead atoms. The highest BCUT2D eigenvalue weighted by Crippen LogP contribution is 2.18. The third-order valence-electron chi connectivity index (χ3n) is 6.83. The molecule has 0 N–H and O–H groups in total. The monoisotopic (exact) mass is 426 g/mol. The van der Waals surface area contributed by atoms with Gasteiger partial charge in [0, 0.05) is 11.1 Å². The second-order valence-corrected chi connectivity index (χ2v) is 9.09. The third kappa shape index (κ3) is 9.58. The zero-order valence-corrected chi connectivity index (χ0v) is 21.4. The van der Waals surface area contributed by atoms with E-state index in [0.29, 0.717) is 0 Å². The fraction of sp³-hybridized carbons (Fsp3) is 0.586. The summed E-state index contributed by atoms with van der Waals surface area (Å²) in [7, 11) is 0. The molecular weight excluding hydrogens is 376 g/mol. The van der Waals surface area contributed by atoms with Gasteiger partial charge in [-0.3, -0.25) is 0 Å². The Hall–Kier alpha value is -1.64. The van der Waals surface area contributed by atoms with Crippen LogP contribution >= 0.6 is 0 Å². The van der Waals surface area contributed by atoms with Crippen LogP contribution in [0.3, 0.4) is 0 Å². The Morgan fingerprint density at radius 2 is 0.774 bits per heavy atom. The molecule has 0 atom stereocenters. The molecule has 2 heteroatoms. The van der Waals surface area contributed by atoms with Crippen molar-refractivity contribution in [3.63, 3.8) is 0 Å². The first-order chi connectivity index (χ1) is 15.0. The molecule has 2 nitrogen and oxygen atoms in total. The fourth-order valence-corrected chi connectivity index (χ4v) is 4.94. The van der Waals surface area contributed by atoms with E-state index in [4.69, 9.17) is 0 Å². The normalized spacial score (nSPS) is 11.7. The Morgan fingerprint density at radius 3 is 1.06 bits per heavy atom. The van der Waals surface area contributed by atoms with Crippen LogP contribution in [0.2, 0.25) is 0 Å². The summed E-state index contributed by atoms with van der Waals surface area (Å²) in [5.74, 6) is 0. The van der Waals surface area contributed by atoms with Crippen LogP contribution in [-0.4, -0.2) is 48.2 Å². The summed E-state index contributed by atoms with van der Waals surface area (Å²) in [6.07, 6.45) is 3.85. The van der Waals surface area contributed by atoms with Crippen molar-refractivity contribution in [1.82, 2.24) is 0 Å². The van der Waals surface area contributed by atoms with Crippen molar-refractivity contribution in [2.24, 2.45) is 0 Å². The topological polar surface area (TPSA) is 0 Å². The van der Waals surface area contributed by atoms with E-state index in [1.807, 2.05) is 0 Å². The molecule has 0 unspecified atom stereocenters. The first-order valence-electron chi connectivity index (χ1n) is 12.8. The standard InChI is InChI=1S/C16H28N.C13H22N/c1-4-12-17(13-5-2,14-6-3)15-16-10-8-7-9-11-16;1-4-14(5-2,6-3)12-13-10-8-7-9-11-13/h7-11H,4-6,12-15H2,1-3H3;7-11H,4-6,12H2,1-3H3/q2*+1. The van der Waals surface area contributed by atoms with Crippen molar-refractivity contribution in [1.29, 1.82) is 0 Å². The van der Waals surface area contributed by atoms with Crippen molar-refractivity contribution in [3.05, 3.63) is 71.8 Å². The van der Waals surface area contributed by atoms with Gasteiger partial charge in [-0.15, -0.1) is 0 Å². The van der Waals surface area contributed by atoms with E-state index >= 15 is 0 Å². The van der Waals surface area contributed by atoms with E-state index < -0.39 is 0 Å². The first kappa shape index (κ1) is 27.4. The average molecular weight is 427 g/mol. The molecule has 0 radical (unpaired) electrons. The Labute approximate surface area is 194 Å². The molecule has 0 amide bonds. The molecule has 0 aromatic heterocycles. The van der Waals surface area contributed by atoms with E-state index in [1.54, 1.807) is 0 Å². The van der Waals surface area contributed by atoms with Gasteiger partial charge in [-0.05, 0) is 40.0 Å². The van der Waals surface area contributed by atoms with Crippen LogP contribution in [-0.2, 0) is 13.1 Å². The van der Waals surface area contributed by atoms with Gasteiger partial charge in [0.05, 0.1) is 39.3 Å². The zero-order chi connectivity index (χ0) is 23.0. The maximum atomic E-state index is 2.31. The summed E-state index contributed by atoms with van der Waals surface area (Å²) in [6, 6.07) is 21.8. The maximum Gasteiger partial charge on any atom is 0.104 e. The molecule has 0 saturated heterocycles. The van der Waals surface area contributed by atoms with E-state index in [-0.39, 0.29) is 0 Å². The summed E-state index contributed by atoms with van der Waals surface area (Å²) >= 11 is 0. The van der Waals surface area contributed by atoms with Crippen LogP contribution in [0.1, 0.15) is 71.9 Å². The van der Waals surface area contributed by atoms with Crippen molar-refractivity contribution < 1.29 is 8.97 Å². The zero-order valence-electron chi connectivity index (χ0n) is 21.4. The number of nitrogens with zero attached hydrogens (tertiary/aromatic N) is 2. The number of quaternary nitrogens is 2. The SMILES string of the molecule is CCC[N+](CCC)(CCC)Cc1ccccc1.CC[N+](CC)(CC)Cc1ccccc1. The molecule has 0 aliphatic heterocycles. The lowest BCUT2D eigenvalue weighted by molar-refractivity contribution is -0.941. The second kappa shape index (κ2) is 15.2. The summed E-state index contributed by atoms with van der Waals surface area (Å²) in [5, 5.41) is 0. The molecule has 31 heavy (non-hydrogen) atoms. The van der Waals surface area contributed by atoms with Crippen molar-refractivity contribution in [2.45, 2.75) is 73.9 Å². The average Bonchev–Trinajstić information content (AvgIpc) is 2.80. The Kier molecular flexibility index (Phi) is 13.4. The van der Waals surface area contributed by atoms with Gasteiger partial charge < -0.3 is 8.97 Å². The lowest BCUT2D eigenvalue weighted by atomic mass is 10.1. The van der Waals surface area contributed by atoms with Gasteiger partial charge in [0.15, 0.2) is 0 Å². The van der Waals surface area contributed by atoms with Crippen LogP contribution in [0.25, 0.3) is 0 Å². The molecule has 174 valence electrons. The van der Waals surface area contributed by atoms with E-state index in [1.165, 1.54) is 91.7 Å². The van der Waals surface area contributed by atoms with Gasteiger partial charge in [0.1, 0.15) is 13.1 Å². The van der Waals surface area contributed by atoms with Crippen LogP contribution in [0.4, 0.5) is 0 Å². The van der Waals surface area contributed by atoms with Gasteiger partial charge in [-0.1, -0.05) is 81.4 Å². The van der Waals surface area contributed by atoms with Crippen LogP contribution in [0.5, 0.6) is 0 Å². The third-order valence-corrected chi connectivity index (χ3v) is 6.83. The Morgan fingerprint density at radius 1 is 0.452 bits per heavy atom. The predicted octanol–water partition coefficient (Wildman–Crippen LogP) is 7.30. The summed E-state index contributed by atoms with van der Waals surface area (Å²) in [5.41, 5.74) is 2.95. The van der Waals surface area contributed by atoms with Crippen LogP contribution in [0, 0.1) is 0 Å². The second-order valence-electron chi connectivity index (χ2n) is 9.09. The van der Waals surface area contributed by atoms with Gasteiger partial charge in [-0.25, -0.2) is 0 Å². The smallest absolute Gasteiger partial charge is 0.104 e. The van der Waals surface area contributed by atoms with Crippen molar-refractivity contribution >= 4 is 0 Å². The molecule has 0 aliphatic rings. The van der Waals surface area contributed by atoms with Crippen LogP contribution < -0.4 is 0 Å². The minimum Gasteiger partial charge on any atom is -0.321 e. The fourth-order valence-electron chi connectivity index (χ4n) is 4.94. The number of hydrogen-bond donors (Lipinski definition) is 0. The molecule has 0 saturated carbocycles. The summed E-state index contributed by atoms with van der Waals surface area (Å²) < 4.78 is 2.47. The Balaban J connectivity index is 0.000000316. The maximum absolute atomic E-state index is 2.31. The molecule has 0 spiro atoms. The van der Waals surface area contributed by atoms with E-state index in [0.717, 1.165) is 0 Å². The minimum atomic E-state index is 1.17. The lowest BCUT2D eigenvalue weighted by Gasteiger charge is -2.38. The highest BCUT2D eigenvalue weighted by Gasteiger charge is 2.24. The molecule has 0 fully saturated rings. The van der Waals surface area contributed by atoms with Gasteiger partial charge in [-0.2, -0.15) is 0 Å². The Bertz CT molecular complexity index is 636. The largest absolute Gasteiger partial charge is 0.321 e. The summed E-state index contributed by atoms with van der Waals surface area (Å²) in [6.45, 7) is 23.8. The van der Waals surface area contributed by atoms with Crippen molar-refractivity contribution in [3.8, 4) is 0 Å². The van der Waals surface area contributed by atoms with Gasteiger partial charge in [0.25, 0.3) is 0 Å². The van der Waals surface area contributed by atoms with E-state index in [9.17, 15) is 0 Å². The molecule has 2 rings (SSSR count). The van der Waals surface area contributed by atoms with Crippen LogP contribution in [0.15, 0.2) is 60.7 Å². The van der Waals surface area contributed by atoms with Crippen molar-refractivity contribution in [2.75, 3.05) is 39.3 Å². The quantitative estimate of drug-likeness (QED) is 0.295. The molecular formula is C29H50N2+2. The lowest BCUT2D eigenvalue weighted by Crippen LogP contribution is -2.48. The number of benzene rings is 2. The van der Waals surface area contributed by atoms with Gasteiger partial charge in [0.2, 0.25) is 0 Å². The highest BCUT2D eigenvalue weighted by molar-refractivity contribution is 5.14. The highest BCUT2D eigenvalue weighted by atomic mass is 15.3.